The number of Topliss-reactive ketones (excluding diaryl/α,β-unsaturated/α-hetero) is 1. The van der Waals surface area contributed by atoms with Crippen molar-refractivity contribution in [2.24, 2.45) is 5.92 Å². The topological polar surface area (TPSA) is 58.2 Å². The van der Waals surface area contributed by atoms with E-state index in [2.05, 4.69) is 10.6 Å². The molecule has 13 heavy (non-hydrogen) atoms. The van der Waals surface area contributed by atoms with Crippen LogP contribution in [0.3, 0.4) is 0 Å². The van der Waals surface area contributed by atoms with E-state index in [9.17, 15) is 9.59 Å². The number of urea groups is 1. The van der Waals surface area contributed by atoms with Gasteiger partial charge in [-0.2, -0.15) is 0 Å². The number of ketones is 1. The van der Waals surface area contributed by atoms with Gasteiger partial charge in [-0.3, -0.25) is 4.79 Å². The highest BCUT2D eigenvalue weighted by Crippen LogP contribution is 2.18. The molecule has 1 aliphatic carbocycles. The Balaban J connectivity index is 2.09. The Morgan fingerprint density at radius 3 is 2.46 bits per heavy atom. The van der Waals surface area contributed by atoms with Crippen LogP contribution in [-0.4, -0.2) is 24.4 Å². The molecule has 4 nitrogen and oxygen atoms in total. The number of carbonyl (C=O) groups excluding carboxylic acids is 2. The number of hydrogen-bond acceptors (Lipinski definition) is 2. The molecular formula is C9H16N2O2. The van der Waals surface area contributed by atoms with Crippen molar-refractivity contribution in [1.82, 2.24) is 10.6 Å². The van der Waals surface area contributed by atoms with Crippen LogP contribution in [0, 0.1) is 5.92 Å². The maximum atomic E-state index is 11.1. The predicted octanol–water partition coefficient (Wildman–Crippen LogP) is 0.673. The van der Waals surface area contributed by atoms with Crippen LogP contribution >= 0.6 is 0 Å². The zero-order chi connectivity index (χ0) is 9.84. The molecule has 0 saturated heterocycles. The average Bonchev–Trinajstić information content (AvgIpc) is 2.83. The summed E-state index contributed by atoms with van der Waals surface area (Å²) in [7, 11) is 0. The summed E-state index contributed by atoms with van der Waals surface area (Å²) in [5.74, 6) is 0.0483. The van der Waals surface area contributed by atoms with Crippen molar-refractivity contribution >= 4 is 11.8 Å². The summed E-state index contributed by atoms with van der Waals surface area (Å²) in [6, 6.07) is 0.116. The van der Waals surface area contributed by atoms with Crippen molar-refractivity contribution in [3.63, 3.8) is 0 Å². The molecular weight excluding hydrogens is 168 g/mol. The molecule has 0 atom stereocenters. The molecule has 0 aromatic heterocycles. The maximum absolute atomic E-state index is 11.1. The van der Waals surface area contributed by atoms with Gasteiger partial charge in [0.15, 0.2) is 5.78 Å². The Labute approximate surface area is 78.1 Å². The van der Waals surface area contributed by atoms with E-state index < -0.39 is 0 Å². The van der Waals surface area contributed by atoms with Gasteiger partial charge in [-0.05, 0) is 12.8 Å². The highest BCUT2D eigenvalue weighted by molar-refractivity contribution is 5.86. The molecule has 0 radical (unpaired) electrons. The highest BCUT2D eigenvalue weighted by atomic mass is 16.2. The summed E-state index contributed by atoms with van der Waals surface area (Å²) >= 11 is 0. The van der Waals surface area contributed by atoms with Crippen LogP contribution in [0.4, 0.5) is 4.79 Å². The summed E-state index contributed by atoms with van der Waals surface area (Å²) in [5.41, 5.74) is 0. The van der Waals surface area contributed by atoms with Crippen LogP contribution in [-0.2, 0) is 4.79 Å². The van der Waals surface area contributed by atoms with E-state index >= 15 is 0 Å². The minimum absolute atomic E-state index is 0.0128. The van der Waals surface area contributed by atoms with Crippen molar-refractivity contribution in [2.75, 3.05) is 6.54 Å². The molecule has 0 heterocycles. The van der Waals surface area contributed by atoms with Gasteiger partial charge >= 0.3 is 6.03 Å². The van der Waals surface area contributed by atoms with Crippen LogP contribution in [0.2, 0.25) is 0 Å². The zero-order valence-corrected chi connectivity index (χ0v) is 8.09. The van der Waals surface area contributed by atoms with Crippen molar-refractivity contribution in [3.8, 4) is 0 Å². The molecule has 74 valence electrons. The van der Waals surface area contributed by atoms with Crippen molar-refractivity contribution in [1.29, 1.82) is 0 Å². The van der Waals surface area contributed by atoms with E-state index in [4.69, 9.17) is 0 Å². The Kier molecular flexibility index (Phi) is 3.28. The summed E-state index contributed by atoms with van der Waals surface area (Å²) < 4.78 is 0. The minimum atomic E-state index is -0.225. The summed E-state index contributed by atoms with van der Waals surface area (Å²) in [4.78, 5) is 22.2. The molecule has 0 unspecified atom stereocenters. The first-order chi connectivity index (χ1) is 6.09. The van der Waals surface area contributed by atoms with E-state index in [-0.39, 0.29) is 24.3 Å². The lowest BCUT2D eigenvalue weighted by Gasteiger charge is -2.07. The zero-order valence-electron chi connectivity index (χ0n) is 8.09. The van der Waals surface area contributed by atoms with E-state index in [0.29, 0.717) is 6.04 Å². The fourth-order valence-corrected chi connectivity index (χ4v) is 0.836. The molecule has 1 fully saturated rings. The van der Waals surface area contributed by atoms with Crippen LogP contribution in [0.15, 0.2) is 0 Å². The molecule has 0 aliphatic heterocycles. The van der Waals surface area contributed by atoms with Crippen LogP contribution in [0.5, 0.6) is 0 Å². The third-order valence-electron chi connectivity index (χ3n) is 1.98. The third kappa shape index (κ3) is 3.92. The van der Waals surface area contributed by atoms with E-state index in [1.54, 1.807) is 0 Å². The van der Waals surface area contributed by atoms with Crippen LogP contribution < -0.4 is 10.6 Å². The van der Waals surface area contributed by atoms with Crippen LogP contribution in [0.1, 0.15) is 26.7 Å². The largest absolute Gasteiger partial charge is 0.335 e. The normalized spacial score (nSPS) is 15.6. The second-order valence-electron chi connectivity index (χ2n) is 3.72. The molecule has 1 rings (SSSR count). The average molecular weight is 184 g/mol. The first-order valence-electron chi connectivity index (χ1n) is 4.66. The van der Waals surface area contributed by atoms with Gasteiger partial charge in [0.2, 0.25) is 0 Å². The second kappa shape index (κ2) is 4.25. The Morgan fingerprint density at radius 2 is 2.00 bits per heavy atom. The lowest BCUT2D eigenvalue weighted by molar-refractivity contribution is -0.120. The molecule has 2 amide bonds. The Bertz CT molecular complexity index is 210. The Morgan fingerprint density at radius 1 is 1.38 bits per heavy atom. The van der Waals surface area contributed by atoms with Gasteiger partial charge in [-0.15, -0.1) is 0 Å². The number of amides is 2. The molecule has 4 heteroatoms. The molecule has 0 spiro atoms. The third-order valence-corrected chi connectivity index (χ3v) is 1.98. The molecule has 1 aliphatic rings. The molecule has 0 aromatic carbocycles. The van der Waals surface area contributed by atoms with Gasteiger partial charge in [-0.1, -0.05) is 13.8 Å². The number of nitrogens with one attached hydrogen (secondary N) is 2. The smallest absolute Gasteiger partial charge is 0.315 e. The number of hydrogen-bond donors (Lipinski definition) is 2. The molecule has 0 aromatic rings. The minimum Gasteiger partial charge on any atom is -0.335 e. The van der Waals surface area contributed by atoms with Crippen molar-refractivity contribution in [3.05, 3.63) is 0 Å². The number of carbonyl (C=O) groups is 2. The summed E-state index contributed by atoms with van der Waals surface area (Å²) in [6.45, 7) is 3.78. The van der Waals surface area contributed by atoms with Crippen LogP contribution in [0.25, 0.3) is 0 Å². The first-order valence-corrected chi connectivity index (χ1v) is 4.66. The van der Waals surface area contributed by atoms with Gasteiger partial charge < -0.3 is 10.6 Å². The quantitative estimate of drug-likeness (QED) is 0.674. The van der Waals surface area contributed by atoms with Gasteiger partial charge in [0.1, 0.15) is 0 Å². The van der Waals surface area contributed by atoms with Gasteiger partial charge in [0, 0.05) is 12.0 Å². The van der Waals surface area contributed by atoms with Gasteiger partial charge in [0.05, 0.1) is 6.54 Å². The van der Waals surface area contributed by atoms with E-state index in [1.165, 1.54) is 0 Å². The molecule has 2 N–H and O–H groups in total. The maximum Gasteiger partial charge on any atom is 0.315 e. The Hall–Kier alpha value is -1.06. The predicted molar refractivity (Wildman–Crippen MR) is 49.4 cm³/mol. The van der Waals surface area contributed by atoms with E-state index in [0.717, 1.165) is 12.8 Å². The standard InChI is InChI=1S/C9H16N2O2/c1-6(2)8(12)5-10-9(13)11-7-3-4-7/h6-7H,3-5H2,1-2H3,(H2,10,11,13). The fourth-order valence-electron chi connectivity index (χ4n) is 0.836. The SMILES string of the molecule is CC(C)C(=O)CNC(=O)NC1CC1. The van der Waals surface area contributed by atoms with E-state index in [1.807, 2.05) is 13.8 Å². The van der Waals surface area contributed by atoms with Gasteiger partial charge in [0.25, 0.3) is 0 Å². The summed E-state index contributed by atoms with van der Waals surface area (Å²) in [5, 5.41) is 5.28. The molecule has 1 saturated carbocycles. The van der Waals surface area contributed by atoms with Crippen molar-refractivity contribution in [2.45, 2.75) is 32.7 Å². The first kappa shape index (κ1) is 10.0. The van der Waals surface area contributed by atoms with Gasteiger partial charge in [-0.25, -0.2) is 4.79 Å². The lowest BCUT2D eigenvalue weighted by atomic mass is 10.1. The lowest BCUT2D eigenvalue weighted by Crippen LogP contribution is -2.40. The highest BCUT2D eigenvalue weighted by Gasteiger charge is 2.23. The monoisotopic (exact) mass is 184 g/mol. The molecule has 0 bridgehead atoms. The number of rotatable bonds is 4. The van der Waals surface area contributed by atoms with Crippen molar-refractivity contribution < 1.29 is 9.59 Å². The second-order valence-corrected chi connectivity index (χ2v) is 3.72. The fraction of sp³-hybridized carbons (Fsp3) is 0.778. The summed E-state index contributed by atoms with van der Waals surface area (Å²) in [6.07, 6.45) is 2.12.